The predicted molar refractivity (Wildman–Crippen MR) is 164 cm³/mol. The number of rotatable bonds is 8. The lowest BCUT2D eigenvalue weighted by Gasteiger charge is -2.31. The van der Waals surface area contributed by atoms with E-state index < -0.39 is 5.41 Å². The van der Waals surface area contributed by atoms with Gasteiger partial charge in [-0.15, -0.1) is 0 Å². The second-order valence-electron chi connectivity index (χ2n) is 11.0. The van der Waals surface area contributed by atoms with Crippen molar-refractivity contribution in [1.29, 1.82) is 5.26 Å². The first kappa shape index (κ1) is 29.1. The monoisotopic (exact) mass is 583 g/mol. The number of ether oxygens (including phenoxy) is 1. The van der Waals surface area contributed by atoms with E-state index in [1.807, 2.05) is 39.0 Å². The molecule has 0 bridgehead atoms. The maximum absolute atomic E-state index is 13.1. The van der Waals surface area contributed by atoms with Crippen molar-refractivity contribution in [3.05, 3.63) is 71.3 Å². The highest BCUT2D eigenvalue weighted by Gasteiger charge is 2.21. The van der Waals surface area contributed by atoms with Crippen molar-refractivity contribution < 1.29 is 14.3 Å². The van der Waals surface area contributed by atoms with E-state index in [0.29, 0.717) is 44.9 Å². The fourth-order valence-electron chi connectivity index (χ4n) is 4.51. The van der Waals surface area contributed by atoms with Crippen molar-refractivity contribution >= 4 is 44.3 Å². The summed E-state index contributed by atoms with van der Waals surface area (Å²) in [6, 6.07) is 18.3. The van der Waals surface area contributed by atoms with Gasteiger partial charge < -0.3 is 20.3 Å². The molecule has 1 saturated heterocycles. The van der Waals surface area contributed by atoms with Crippen LogP contribution in [-0.4, -0.2) is 71.4 Å². The topological polar surface area (TPSA) is 123 Å². The summed E-state index contributed by atoms with van der Waals surface area (Å²) in [6.45, 7) is 9.50. The molecule has 3 heterocycles. The number of carbonyl (C=O) groups excluding carboxylic acids is 2. The normalized spacial score (nSPS) is 14.4. The van der Waals surface area contributed by atoms with Gasteiger partial charge in [-0.2, -0.15) is 5.26 Å². The first-order valence-electron chi connectivity index (χ1n) is 13.7. The fraction of sp³-hybridized carbons (Fsp3) is 0.323. The lowest BCUT2D eigenvalue weighted by molar-refractivity contribution is -0.117. The Balaban J connectivity index is 1.25. The summed E-state index contributed by atoms with van der Waals surface area (Å²) in [7, 11) is 2.08. The Labute approximate surface area is 248 Å². The van der Waals surface area contributed by atoms with E-state index in [4.69, 9.17) is 4.74 Å². The van der Waals surface area contributed by atoms with E-state index in [2.05, 4.69) is 43.5 Å². The van der Waals surface area contributed by atoms with Crippen molar-refractivity contribution in [1.82, 2.24) is 19.8 Å². The second kappa shape index (κ2) is 12.2. The van der Waals surface area contributed by atoms with Crippen LogP contribution in [0.2, 0.25) is 0 Å². The number of amides is 2. The van der Waals surface area contributed by atoms with E-state index in [-0.39, 0.29) is 11.8 Å². The third kappa shape index (κ3) is 6.91. The Kier molecular flexibility index (Phi) is 8.49. The molecule has 0 radical (unpaired) electrons. The lowest BCUT2D eigenvalue weighted by atomic mass is 9.85. The van der Waals surface area contributed by atoms with Crippen LogP contribution in [0, 0.1) is 18.3 Å². The molecule has 1 fully saturated rings. The minimum absolute atomic E-state index is 0.0928. The Hall–Kier alpha value is -4.37. The molecule has 0 aliphatic carbocycles. The van der Waals surface area contributed by atoms with E-state index in [9.17, 15) is 14.9 Å². The van der Waals surface area contributed by atoms with Crippen LogP contribution < -0.4 is 15.4 Å². The van der Waals surface area contributed by atoms with Gasteiger partial charge in [-0.1, -0.05) is 29.5 Å². The zero-order chi connectivity index (χ0) is 29.9. The van der Waals surface area contributed by atoms with Gasteiger partial charge in [0.1, 0.15) is 16.1 Å². The molecule has 2 aromatic carbocycles. The van der Waals surface area contributed by atoms with Crippen molar-refractivity contribution in [3.63, 3.8) is 0 Å². The van der Waals surface area contributed by atoms with Gasteiger partial charge in [0.25, 0.3) is 5.91 Å². The minimum atomic E-state index is -0.705. The molecule has 2 aromatic heterocycles. The number of carbonyl (C=O) groups is 2. The van der Waals surface area contributed by atoms with Gasteiger partial charge in [0.15, 0.2) is 5.13 Å². The smallest absolute Gasteiger partial charge is 0.255 e. The molecule has 1 aliphatic rings. The van der Waals surface area contributed by atoms with E-state index in [0.717, 1.165) is 37.3 Å². The third-order valence-electron chi connectivity index (χ3n) is 7.25. The molecule has 2 amide bonds. The number of aryl methyl sites for hydroxylation is 1. The van der Waals surface area contributed by atoms with Gasteiger partial charge in [-0.25, -0.2) is 9.97 Å². The SMILES string of the molecule is Cc1ccc(Oc2ccc3nc(NC(=O)CN4CCN(C)CC4)sc3n2)cc1NC(=O)c1cccc(C(C)(C)C#N)c1. The summed E-state index contributed by atoms with van der Waals surface area (Å²) >= 11 is 1.29. The number of pyridine rings is 1. The van der Waals surface area contributed by atoms with Gasteiger partial charge in [-0.3, -0.25) is 14.5 Å². The zero-order valence-corrected chi connectivity index (χ0v) is 24.9. The number of nitrogens with zero attached hydrogens (tertiary/aromatic N) is 5. The maximum Gasteiger partial charge on any atom is 0.255 e. The molecule has 0 spiro atoms. The molecule has 0 atom stereocenters. The van der Waals surface area contributed by atoms with Crippen LogP contribution in [0.3, 0.4) is 0 Å². The Morgan fingerprint density at radius 3 is 2.60 bits per heavy atom. The average Bonchev–Trinajstić information content (AvgIpc) is 3.37. The van der Waals surface area contributed by atoms with Gasteiger partial charge in [0.2, 0.25) is 11.8 Å². The highest BCUT2D eigenvalue weighted by molar-refractivity contribution is 7.21. The highest BCUT2D eigenvalue weighted by Crippen LogP contribution is 2.30. The number of hydrogen-bond donors (Lipinski definition) is 2. The summed E-state index contributed by atoms with van der Waals surface area (Å²) in [6.07, 6.45) is 0. The van der Waals surface area contributed by atoms with E-state index in [1.54, 1.807) is 36.4 Å². The lowest BCUT2D eigenvalue weighted by Crippen LogP contribution is -2.47. The quantitative estimate of drug-likeness (QED) is 0.296. The average molecular weight is 584 g/mol. The summed E-state index contributed by atoms with van der Waals surface area (Å²) in [5, 5.41) is 15.8. The molecule has 5 rings (SSSR count). The summed E-state index contributed by atoms with van der Waals surface area (Å²) in [5.41, 5.74) is 2.67. The Morgan fingerprint density at radius 2 is 1.83 bits per heavy atom. The molecule has 216 valence electrons. The van der Waals surface area contributed by atoms with Crippen molar-refractivity contribution in [2.45, 2.75) is 26.2 Å². The molecule has 42 heavy (non-hydrogen) atoms. The predicted octanol–water partition coefficient (Wildman–Crippen LogP) is 5.03. The molecule has 10 nitrogen and oxygen atoms in total. The Morgan fingerprint density at radius 1 is 1.05 bits per heavy atom. The third-order valence-corrected chi connectivity index (χ3v) is 8.13. The number of nitrogens with one attached hydrogen (secondary N) is 2. The first-order chi connectivity index (χ1) is 20.1. The van der Waals surface area contributed by atoms with E-state index >= 15 is 0 Å². The standard InChI is InChI=1S/C31H33N7O3S/c1-20-8-9-23(17-25(20)33-28(40)21-6-5-7-22(16-21)31(2,3)19-32)41-27-11-10-24-29(36-27)42-30(34-24)35-26(39)18-38-14-12-37(4)13-15-38/h5-11,16-17H,12-15,18H2,1-4H3,(H,33,40)(H,34,35,39). The number of aromatic nitrogens is 2. The minimum Gasteiger partial charge on any atom is -0.439 e. The van der Waals surface area contributed by atoms with Crippen LogP contribution in [0.1, 0.15) is 35.3 Å². The Bertz CT molecular complexity index is 1670. The molecule has 2 N–H and O–H groups in total. The van der Waals surface area contributed by atoms with Crippen LogP contribution in [0.5, 0.6) is 11.6 Å². The number of anilines is 2. The van der Waals surface area contributed by atoms with E-state index in [1.165, 1.54) is 11.3 Å². The number of benzene rings is 2. The summed E-state index contributed by atoms with van der Waals surface area (Å²) in [5.74, 6) is 0.503. The van der Waals surface area contributed by atoms with Crippen molar-refractivity contribution in [2.24, 2.45) is 0 Å². The number of nitriles is 1. The largest absolute Gasteiger partial charge is 0.439 e. The summed E-state index contributed by atoms with van der Waals surface area (Å²) in [4.78, 5) is 39.7. The van der Waals surface area contributed by atoms with Gasteiger partial charge in [0.05, 0.1) is 18.0 Å². The molecule has 11 heteroatoms. The van der Waals surface area contributed by atoms with Crippen LogP contribution >= 0.6 is 11.3 Å². The molecule has 4 aromatic rings. The highest BCUT2D eigenvalue weighted by atomic mass is 32.1. The molecular weight excluding hydrogens is 550 g/mol. The number of piperazine rings is 1. The summed E-state index contributed by atoms with van der Waals surface area (Å²) < 4.78 is 6.03. The number of fused-ring (bicyclic) bond motifs is 1. The molecule has 0 saturated carbocycles. The fourth-order valence-corrected chi connectivity index (χ4v) is 5.35. The van der Waals surface area contributed by atoms with Gasteiger partial charge in [-0.05, 0) is 63.2 Å². The number of likely N-dealkylation sites (N-methyl/N-ethyl adjacent to an activating group) is 1. The van der Waals surface area contributed by atoms with Gasteiger partial charge >= 0.3 is 0 Å². The molecular formula is C31H33N7O3S. The van der Waals surface area contributed by atoms with Crippen LogP contribution in [0.4, 0.5) is 10.8 Å². The van der Waals surface area contributed by atoms with Crippen molar-refractivity contribution in [3.8, 4) is 17.7 Å². The first-order valence-corrected chi connectivity index (χ1v) is 14.5. The van der Waals surface area contributed by atoms with Crippen LogP contribution in [0.15, 0.2) is 54.6 Å². The van der Waals surface area contributed by atoms with Crippen molar-refractivity contribution in [2.75, 3.05) is 50.4 Å². The number of hydrogen-bond acceptors (Lipinski definition) is 9. The second-order valence-corrected chi connectivity index (χ2v) is 11.9. The number of thiazole rings is 1. The van der Waals surface area contributed by atoms with Gasteiger partial charge in [0, 0.05) is 49.6 Å². The van der Waals surface area contributed by atoms with Crippen LogP contribution in [0.25, 0.3) is 10.3 Å². The zero-order valence-electron chi connectivity index (χ0n) is 24.1. The molecule has 0 unspecified atom stereocenters. The molecule has 1 aliphatic heterocycles. The maximum atomic E-state index is 13.1. The van der Waals surface area contributed by atoms with Crippen LogP contribution in [-0.2, 0) is 10.2 Å².